The lowest BCUT2D eigenvalue weighted by atomic mass is 10.0. The second-order valence-electron chi connectivity index (χ2n) is 8.21. The normalized spacial score (nSPS) is 16.5. The van der Waals surface area contributed by atoms with Crippen molar-refractivity contribution in [3.63, 3.8) is 0 Å². The third-order valence-electron chi connectivity index (χ3n) is 4.99. The van der Waals surface area contributed by atoms with Crippen LogP contribution < -0.4 is 10.1 Å². The van der Waals surface area contributed by atoms with E-state index in [1.165, 1.54) is 0 Å². The Labute approximate surface area is 163 Å². The number of piperidine rings is 1. The van der Waals surface area contributed by atoms with E-state index in [9.17, 15) is 9.59 Å². The van der Waals surface area contributed by atoms with E-state index in [2.05, 4.69) is 33.0 Å². The van der Waals surface area contributed by atoms with Gasteiger partial charge in [0, 0.05) is 25.6 Å². The van der Waals surface area contributed by atoms with Crippen LogP contribution in [0, 0.1) is 5.92 Å². The van der Waals surface area contributed by atoms with Crippen LogP contribution in [0.5, 0.6) is 5.75 Å². The van der Waals surface area contributed by atoms with Gasteiger partial charge in [-0.2, -0.15) is 0 Å². The summed E-state index contributed by atoms with van der Waals surface area (Å²) in [5, 5.41) is 3.09. The van der Waals surface area contributed by atoms with E-state index < -0.39 is 6.10 Å². The van der Waals surface area contributed by atoms with Crippen molar-refractivity contribution in [2.75, 3.05) is 13.1 Å². The molecule has 5 heteroatoms. The summed E-state index contributed by atoms with van der Waals surface area (Å²) < 4.78 is 5.94. The Bertz CT molecular complexity index is 634. The molecule has 0 radical (unpaired) electrons. The van der Waals surface area contributed by atoms with Crippen LogP contribution in [0.4, 0.5) is 0 Å². The maximum Gasteiger partial charge on any atom is 0.260 e. The van der Waals surface area contributed by atoms with Crippen LogP contribution in [0.25, 0.3) is 0 Å². The summed E-state index contributed by atoms with van der Waals surface area (Å²) >= 11 is 0. The van der Waals surface area contributed by atoms with E-state index in [0.717, 1.165) is 24.2 Å². The molecule has 1 aromatic carbocycles. The third kappa shape index (κ3) is 6.26. The second-order valence-corrected chi connectivity index (χ2v) is 8.21. The highest BCUT2D eigenvalue weighted by atomic mass is 16.5. The van der Waals surface area contributed by atoms with Gasteiger partial charge < -0.3 is 15.0 Å². The summed E-state index contributed by atoms with van der Waals surface area (Å²) in [4.78, 5) is 26.6. The van der Waals surface area contributed by atoms with Gasteiger partial charge in [-0.1, -0.05) is 45.9 Å². The number of hydrogen-bond donors (Lipinski definition) is 1. The lowest BCUT2D eigenvalue weighted by Gasteiger charge is -2.33. The molecule has 150 valence electrons. The SMILES string of the molecule is CC(C)CC(=O)N1CCC(NC(=O)C(C)Oc2ccccc2C(C)C)CC1. The Kier molecular flexibility index (Phi) is 7.69. The zero-order valence-electron chi connectivity index (χ0n) is 17.3. The first-order chi connectivity index (χ1) is 12.8. The molecule has 1 fully saturated rings. The summed E-state index contributed by atoms with van der Waals surface area (Å²) in [6.07, 6.45) is 1.64. The molecule has 2 rings (SSSR count). The van der Waals surface area contributed by atoms with Crippen molar-refractivity contribution in [3.05, 3.63) is 29.8 Å². The number of nitrogens with zero attached hydrogens (tertiary/aromatic N) is 1. The minimum atomic E-state index is -0.550. The van der Waals surface area contributed by atoms with E-state index in [1.54, 1.807) is 6.92 Å². The van der Waals surface area contributed by atoms with Gasteiger partial charge in [0.15, 0.2) is 6.10 Å². The van der Waals surface area contributed by atoms with Crippen molar-refractivity contribution in [2.45, 2.75) is 71.9 Å². The number of carbonyl (C=O) groups excluding carboxylic acids is 2. The highest BCUT2D eigenvalue weighted by Crippen LogP contribution is 2.26. The van der Waals surface area contributed by atoms with E-state index in [1.807, 2.05) is 29.2 Å². The average molecular weight is 375 g/mol. The number of benzene rings is 1. The Balaban J connectivity index is 1.83. The van der Waals surface area contributed by atoms with Gasteiger partial charge in [0.05, 0.1) is 0 Å². The minimum Gasteiger partial charge on any atom is -0.481 e. The zero-order chi connectivity index (χ0) is 20.0. The molecule has 0 saturated carbocycles. The van der Waals surface area contributed by atoms with Gasteiger partial charge >= 0.3 is 0 Å². The van der Waals surface area contributed by atoms with Gasteiger partial charge in [-0.3, -0.25) is 9.59 Å². The highest BCUT2D eigenvalue weighted by molar-refractivity contribution is 5.81. The summed E-state index contributed by atoms with van der Waals surface area (Å²) in [5.74, 6) is 1.60. The van der Waals surface area contributed by atoms with Crippen molar-refractivity contribution in [1.29, 1.82) is 0 Å². The van der Waals surface area contributed by atoms with Crippen molar-refractivity contribution in [3.8, 4) is 5.75 Å². The highest BCUT2D eigenvalue weighted by Gasteiger charge is 2.26. The van der Waals surface area contributed by atoms with Crippen LogP contribution in [0.3, 0.4) is 0 Å². The predicted molar refractivity (Wildman–Crippen MR) is 108 cm³/mol. The van der Waals surface area contributed by atoms with Crippen molar-refractivity contribution < 1.29 is 14.3 Å². The fourth-order valence-corrected chi connectivity index (χ4v) is 3.38. The van der Waals surface area contributed by atoms with Crippen molar-refractivity contribution >= 4 is 11.8 Å². The third-order valence-corrected chi connectivity index (χ3v) is 4.99. The molecular formula is C22H34N2O3. The number of hydrogen-bond acceptors (Lipinski definition) is 3. The van der Waals surface area contributed by atoms with Crippen LogP contribution in [-0.4, -0.2) is 41.9 Å². The number of carbonyl (C=O) groups is 2. The van der Waals surface area contributed by atoms with E-state index >= 15 is 0 Å². The quantitative estimate of drug-likeness (QED) is 0.791. The molecule has 1 aliphatic heterocycles. The summed E-state index contributed by atoms with van der Waals surface area (Å²) in [7, 11) is 0. The molecule has 1 N–H and O–H groups in total. The van der Waals surface area contributed by atoms with Gasteiger partial charge in [-0.25, -0.2) is 0 Å². The van der Waals surface area contributed by atoms with E-state index in [0.29, 0.717) is 31.3 Å². The van der Waals surface area contributed by atoms with Crippen LogP contribution in [0.1, 0.15) is 65.4 Å². The van der Waals surface area contributed by atoms with E-state index in [-0.39, 0.29) is 17.9 Å². The number of likely N-dealkylation sites (tertiary alicyclic amines) is 1. The van der Waals surface area contributed by atoms with Gasteiger partial charge in [-0.05, 0) is 43.2 Å². The van der Waals surface area contributed by atoms with Gasteiger partial charge in [0.25, 0.3) is 5.91 Å². The molecule has 0 aliphatic carbocycles. The van der Waals surface area contributed by atoms with Crippen LogP contribution in [0.2, 0.25) is 0 Å². The molecule has 1 saturated heterocycles. The van der Waals surface area contributed by atoms with Crippen molar-refractivity contribution in [1.82, 2.24) is 10.2 Å². The summed E-state index contributed by atoms with van der Waals surface area (Å²) in [6.45, 7) is 11.5. The monoisotopic (exact) mass is 374 g/mol. The average Bonchev–Trinajstić information content (AvgIpc) is 2.61. The molecule has 2 amide bonds. The maximum absolute atomic E-state index is 12.5. The fourth-order valence-electron chi connectivity index (χ4n) is 3.38. The molecule has 1 aromatic rings. The number of ether oxygens (including phenoxy) is 1. The predicted octanol–water partition coefficient (Wildman–Crippen LogP) is 3.73. The Morgan fingerprint density at radius 3 is 2.33 bits per heavy atom. The molecule has 0 bridgehead atoms. The Morgan fingerprint density at radius 1 is 1.11 bits per heavy atom. The first-order valence-electron chi connectivity index (χ1n) is 10.1. The minimum absolute atomic E-state index is 0.0967. The molecule has 27 heavy (non-hydrogen) atoms. The second kappa shape index (κ2) is 9.77. The lowest BCUT2D eigenvalue weighted by molar-refractivity contribution is -0.133. The lowest BCUT2D eigenvalue weighted by Crippen LogP contribution is -2.49. The first-order valence-corrected chi connectivity index (χ1v) is 10.1. The topological polar surface area (TPSA) is 58.6 Å². The fraction of sp³-hybridized carbons (Fsp3) is 0.636. The Morgan fingerprint density at radius 2 is 1.74 bits per heavy atom. The first kappa shape index (κ1) is 21.3. The molecule has 1 aliphatic rings. The smallest absolute Gasteiger partial charge is 0.260 e. The Hall–Kier alpha value is -2.04. The molecule has 5 nitrogen and oxygen atoms in total. The molecule has 1 unspecified atom stereocenters. The number of amides is 2. The zero-order valence-corrected chi connectivity index (χ0v) is 17.3. The van der Waals surface area contributed by atoms with Crippen molar-refractivity contribution in [2.24, 2.45) is 5.92 Å². The standard InChI is InChI=1S/C22H34N2O3/c1-15(2)14-21(25)24-12-10-18(11-13-24)23-22(26)17(5)27-20-9-7-6-8-19(20)16(3)4/h6-9,15-18H,10-14H2,1-5H3,(H,23,26). The number of para-hydroxylation sites is 1. The van der Waals surface area contributed by atoms with E-state index in [4.69, 9.17) is 4.74 Å². The molecule has 1 heterocycles. The van der Waals surface area contributed by atoms with Crippen LogP contribution >= 0.6 is 0 Å². The summed E-state index contributed by atoms with van der Waals surface area (Å²) in [6, 6.07) is 7.97. The van der Waals surface area contributed by atoms with Crippen LogP contribution in [-0.2, 0) is 9.59 Å². The largest absolute Gasteiger partial charge is 0.481 e. The van der Waals surface area contributed by atoms with Gasteiger partial charge in [0.2, 0.25) is 5.91 Å². The number of nitrogens with one attached hydrogen (secondary N) is 1. The van der Waals surface area contributed by atoms with Crippen LogP contribution in [0.15, 0.2) is 24.3 Å². The molecule has 0 aromatic heterocycles. The number of rotatable bonds is 7. The van der Waals surface area contributed by atoms with Gasteiger partial charge in [-0.15, -0.1) is 0 Å². The van der Waals surface area contributed by atoms with Gasteiger partial charge in [0.1, 0.15) is 5.75 Å². The molecular weight excluding hydrogens is 340 g/mol. The maximum atomic E-state index is 12.5. The summed E-state index contributed by atoms with van der Waals surface area (Å²) in [5.41, 5.74) is 1.11. The molecule has 0 spiro atoms. The molecule has 1 atom stereocenters.